The van der Waals surface area contributed by atoms with E-state index in [1.807, 2.05) is 24.3 Å². The molecule has 0 bridgehead atoms. The number of amides is 1. The molecule has 0 aromatic heterocycles. The van der Waals surface area contributed by atoms with E-state index in [2.05, 4.69) is 46.0 Å². The molecule has 29 heavy (non-hydrogen) atoms. The van der Waals surface area contributed by atoms with Gasteiger partial charge in [0.1, 0.15) is 18.2 Å². The molecular formula is C23H21IN2O3. The van der Waals surface area contributed by atoms with E-state index < -0.39 is 5.91 Å². The first kappa shape index (κ1) is 22.3. The normalized spacial score (nSPS) is 10.6. The van der Waals surface area contributed by atoms with Crippen LogP contribution in [0.5, 0.6) is 11.5 Å². The smallest absolute Gasteiger partial charge is 0.261 e. The summed E-state index contributed by atoms with van der Waals surface area (Å²) in [5.41, 5.74) is 1.90. The number of hydrogen-bond acceptors (Lipinski definition) is 4. The lowest BCUT2D eigenvalue weighted by Gasteiger charge is -2.12. The van der Waals surface area contributed by atoms with Gasteiger partial charge in [-0.1, -0.05) is 36.3 Å². The van der Waals surface area contributed by atoms with Gasteiger partial charge < -0.3 is 14.8 Å². The highest BCUT2D eigenvalue weighted by Gasteiger charge is 2.13. The molecule has 0 saturated heterocycles. The summed E-state index contributed by atoms with van der Waals surface area (Å²) in [6.07, 6.45) is 8.43. The number of terminal acetylenes is 1. The average Bonchev–Trinajstić information content (AvgIpc) is 2.74. The molecular weight excluding hydrogens is 479 g/mol. The number of methoxy groups -OCH3 is 1. The maximum atomic E-state index is 12.4. The van der Waals surface area contributed by atoms with Crippen LogP contribution in [0.15, 0.2) is 48.0 Å². The van der Waals surface area contributed by atoms with Crippen LogP contribution in [0.3, 0.4) is 0 Å². The number of nitrogens with one attached hydrogen (secondary N) is 1. The summed E-state index contributed by atoms with van der Waals surface area (Å²) in [6.45, 7) is 0.614. The fraction of sp³-hybridized carbons (Fsp3) is 0.217. The Bertz CT molecular complexity index is 957. The summed E-state index contributed by atoms with van der Waals surface area (Å²) in [5, 5.41) is 12.2. The first-order chi connectivity index (χ1) is 14.1. The Morgan fingerprint density at radius 2 is 2.07 bits per heavy atom. The maximum Gasteiger partial charge on any atom is 0.261 e. The van der Waals surface area contributed by atoms with Gasteiger partial charge in [-0.15, -0.1) is 6.42 Å². The number of carbonyl (C=O) groups excluding carboxylic acids is 1. The van der Waals surface area contributed by atoms with Gasteiger partial charge in [0.05, 0.1) is 10.7 Å². The number of halogens is 1. The number of aryl methyl sites for hydroxylation is 1. The fourth-order valence-electron chi connectivity index (χ4n) is 2.63. The van der Waals surface area contributed by atoms with Gasteiger partial charge >= 0.3 is 0 Å². The number of hydrogen-bond donors (Lipinski definition) is 1. The lowest BCUT2D eigenvalue weighted by molar-refractivity contribution is -0.117. The predicted molar refractivity (Wildman–Crippen MR) is 121 cm³/mol. The number of nitrogens with zero attached hydrogens (tertiary/aromatic N) is 1. The Morgan fingerprint density at radius 1 is 1.31 bits per heavy atom. The summed E-state index contributed by atoms with van der Waals surface area (Å²) in [4.78, 5) is 12.4. The third-order valence-corrected chi connectivity index (χ3v) is 4.80. The molecule has 0 aliphatic rings. The number of rotatable bonds is 9. The minimum atomic E-state index is -0.401. The van der Waals surface area contributed by atoms with Gasteiger partial charge in [-0.3, -0.25) is 4.79 Å². The van der Waals surface area contributed by atoms with Crippen LogP contribution < -0.4 is 14.8 Å². The predicted octanol–water partition coefficient (Wildman–Crippen LogP) is 3.97. The molecule has 0 unspecified atom stereocenters. The molecule has 2 rings (SSSR count). The van der Waals surface area contributed by atoms with E-state index in [9.17, 15) is 10.1 Å². The summed E-state index contributed by atoms with van der Waals surface area (Å²) >= 11 is 2.10. The van der Waals surface area contributed by atoms with Crippen molar-refractivity contribution in [1.82, 2.24) is 5.32 Å². The van der Waals surface area contributed by atoms with Gasteiger partial charge in [-0.25, -0.2) is 0 Å². The highest BCUT2D eigenvalue weighted by Crippen LogP contribution is 2.34. The molecule has 1 amide bonds. The van der Waals surface area contributed by atoms with E-state index in [0.717, 1.165) is 16.4 Å². The molecule has 0 fully saturated rings. The first-order valence-corrected chi connectivity index (χ1v) is 10.0. The maximum absolute atomic E-state index is 12.4. The Kier molecular flexibility index (Phi) is 9.07. The zero-order chi connectivity index (χ0) is 21.1. The van der Waals surface area contributed by atoms with Crippen LogP contribution >= 0.6 is 22.6 Å². The number of ether oxygens (including phenoxy) is 2. The summed E-state index contributed by atoms with van der Waals surface area (Å²) in [7, 11) is 1.52. The summed E-state index contributed by atoms with van der Waals surface area (Å²) in [6, 6.07) is 15.5. The minimum absolute atomic E-state index is 0.0276. The van der Waals surface area contributed by atoms with Crippen molar-refractivity contribution < 1.29 is 14.3 Å². The van der Waals surface area contributed by atoms with E-state index in [-0.39, 0.29) is 12.2 Å². The van der Waals surface area contributed by atoms with Gasteiger partial charge in [0.2, 0.25) is 0 Å². The van der Waals surface area contributed by atoms with Crippen molar-refractivity contribution in [2.24, 2.45) is 0 Å². The average molecular weight is 500 g/mol. The largest absolute Gasteiger partial charge is 0.493 e. The Hall–Kier alpha value is -2.97. The van der Waals surface area contributed by atoms with E-state index in [4.69, 9.17) is 15.9 Å². The lowest BCUT2D eigenvalue weighted by atomic mass is 10.1. The van der Waals surface area contributed by atoms with Gasteiger partial charge in [0.15, 0.2) is 11.5 Å². The zero-order valence-electron chi connectivity index (χ0n) is 16.1. The van der Waals surface area contributed by atoms with Crippen LogP contribution in [0.2, 0.25) is 0 Å². The quantitative estimate of drug-likeness (QED) is 0.186. The van der Waals surface area contributed by atoms with Crippen molar-refractivity contribution in [3.05, 3.63) is 62.7 Å². The monoisotopic (exact) mass is 500 g/mol. The molecule has 2 aromatic carbocycles. The third kappa shape index (κ3) is 6.85. The second-order valence-corrected chi connectivity index (χ2v) is 7.20. The first-order valence-electron chi connectivity index (χ1n) is 8.96. The van der Waals surface area contributed by atoms with E-state index in [1.54, 1.807) is 12.1 Å². The summed E-state index contributed by atoms with van der Waals surface area (Å²) < 4.78 is 11.6. The highest BCUT2D eigenvalue weighted by molar-refractivity contribution is 14.1. The van der Waals surface area contributed by atoms with Crippen LogP contribution in [0.4, 0.5) is 0 Å². The van der Waals surface area contributed by atoms with Gasteiger partial charge in [0, 0.05) is 6.54 Å². The zero-order valence-corrected chi connectivity index (χ0v) is 18.2. The standard InChI is InChI=1S/C23H21IN2O3/c1-3-12-29-22-20(24)14-18(15-21(22)28-2)13-19(16-25)23(27)26-11-7-10-17-8-5-4-6-9-17/h1,4-6,8-9,13-15H,7,10-12H2,2H3,(H,26,27)/b19-13-. The molecule has 0 saturated carbocycles. The molecule has 6 heteroatoms. The van der Waals surface area contributed by atoms with Crippen LogP contribution in [-0.4, -0.2) is 26.2 Å². The molecule has 2 aromatic rings. The number of benzene rings is 2. The second-order valence-electron chi connectivity index (χ2n) is 6.04. The lowest BCUT2D eigenvalue weighted by Crippen LogP contribution is -2.25. The Balaban J connectivity index is 2.04. The van der Waals surface area contributed by atoms with Crippen LogP contribution in [0, 0.1) is 27.2 Å². The van der Waals surface area contributed by atoms with E-state index in [1.165, 1.54) is 18.7 Å². The summed E-state index contributed by atoms with van der Waals surface area (Å²) in [5.74, 6) is 3.03. The van der Waals surface area contributed by atoms with Crippen molar-refractivity contribution in [3.8, 4) is 29.9 Å². The molecule has 0 spiro atoms. The molecule has 0 heterocycles. The SMILES string of the molecule is C#CCOc1c(I)cc(/C=C(/C#N)C(=O)NCCCc2ccccc2)cc1OC. The Morgan fingerprint density at radius 3 is 2.72 bits per heavy atom. The van der Waals surface area contributed by atoms with Crippen LogP contribution in [0.25, 0.3) is 6.08 Å². The van der Waals surface area contributed by atoms with E-state index >= 15 is 0 Å². The number of carbonyl (C=O) groups is 1. The van der Waals surface area contributed by atoms with Crippen LogP contribution in [-0.2, 0) is 11.2 Å². The van der Waals surface area contributed by atoms with Gasteiger partial charge in [-0.2, -0.15) is 5.26 Å². The highest BCUT2D eigenvalue weighted by atomic mass is 127. The molecule has 0 atom stereocenters. The molecule has 0 aliphatic heterocycles. The van der Waals surface area contributed by atoms with Crippen LogP contribution in [0.1, 0.15) is 17.5 Å². The van der Waals surface area contributed by atoms with Gasteiger partial charge in [-0.05, 0) is 64.8 Å². The molecule has 0 radical (unpaired) electrons. The molecule has 0 aliphatic carbocycles. The minimum Gasteiger partial charge on any atom is -0.493 e. The Labute approximate surface area is 184 Å². The number of nitriles is 1. The molecule has 5 nitrogen and oxygen atoms in total. The van der Waals surface area contributed by atoms with Crippen molar-refractivity contribution >= 4 is 34.6 Å². The molecule has 148 valence electrons. The second kappa shape index (κ2) is 11.8. The van der Waals surface area contributed by atoms with Crippen molar-refractivity contribution in [2.45, 2.75) is 12.8 Å². The molecule has 1 N–H and O–H groups in total. The van der Waals surface area contributed by atoms with Crippen molar-refractivity contribution in [1.29, 1.82) is 5.26 Å². The van der Waals surface area contributed by atoms with E-state index in [0.29, 0.717) is 23.6 Å². The van der Waals surface area contributed by atoms with Gasteiger partial charge in [0.25, 0.3) is 5.91 Å². The third-order valence-electron chi connectivity index (χ3n) is 4.00. The van der Waals surface area contributed by atoms with Crippen molar-refractivity contribution in [3.63, 3.8) is 0 Å². The topological polar surface area (TPSA) is 71.3 Å². The van der Waals surface area contributed by atoms with Crippen molar-refractivity contribution in [2.75, 3.05) is 20.3 Å². The fourth-order valence-corrected chi connectivity index (χ4v) is 3.41.